The van der Waals surface area contributed by atoms with E-state index in [1.807, 2.05) is 0 Å². The maximum Gasteiger partial charge on any atom is 0.249 e. The van der Waals surface area contributed by atoms with Crippen LogP contribution in [0.5, 0.6) is 0 Å². The molecule has 0 saturated carbocycles. The van der Waals surface area contributed by atoms with Crippen molar-refractivity contribution in [2.45, 2.75) is 219 Å². The largest absolute Gasteiger partial charge is 0.394 e. The highest BCUT2D eigenvalue weighted by Gasteiger charge is 2.18. The lowest BCUT2D eigenvalue weighted by Crippen LogP contribution is -2.43. The summed E-state index contributed by atoms with van der Waals surface area (Å²) in [5.41, 5.74) is 0. The molecule has 4 nitrogen and oxygen atoms in total. The Labute approximate surface area is 251 Å². The Morgan fingerprint density at radius 1 is 0.475 bits per heavy atom. The van der Waals surface area contributed by atoms with Crippen LogP contribution in [-0.4, -0.2) is 34.9 Å². The number of aliphatic hydroxyl groups is 2. The molecule has 2 atom stereocenters. The average Bonchev–Trinajstić information content (AvgIpc) is 2.96. The van der Waals surface area contributed by atoms with Crippen molar-refractivity contribution >= 4 is 5.91 Å². The number of rotatable bonds is 33. The summed E-state index contributed by atoms with van der Waals surface area (Å²) in [6.45, 7) is 4.50. The highest BCUT2D eigenvalue weighted by atomic mass is 16.3. The van der Waals surface area contributed by atoms with Gasteiger partial charge in [-0.1, -0.05) is 194 Å². The average molecular weight is 568 g/mol. The minimum Gasteiger partial charge on any atom is -0.394 e. The molecule has 0 heterocycles. The highest BCUT2D eigenvalue weighted by Crippen LogP contribution is 2.15. The molecular formula is C36H73NO3. The number of hydrogen-bond donors (Lipinski definition) is 3. The van der Waals surface area contributed by atoms with Crippen molar-refractivity contribution in [1.29, 1.82) is 0 Å². The van der Waals surface area contributed by atoms with E-state index < -0.39 is 6.10 Å². The summed E-state index contributed by atoms with van der Waals surface area (Å²) in [4.78, 5) is 12.4. The Bertz CT molecular complexity index is 498. The number of aliphatic hydroxyl groups excluding tert-OH is 2. The number of hydrogen-bond acceptors (Lipinski definition) is 3. The summed E-state index contributed by atoms with van der Waals surface area (Å²) in [5, 5.41) is 22.8. The molecule has 1 amide bonds. The second-order valence-corrected chi connectivity index (χ2v) is 12.7. The van der Waals surface area contributed by atoms with E-state index in [4.69, 9.17) is 0 Å². The van der Waals surface area contributed by atoms with Gasteiger partial charge in [0.15, 0.2) is 0 Å². The van der Waals surface area contributed by atoms with E-state index in [2.05, 4.69) is 19.2 Å². The van der Waals surface area contributed by atoms with Crippen LogP contribution in [0.4, 0.5) is 0 Å². The fourth-order valence-corrected chi connectivity index (χ4v) is 5.76. The normalized spacial score (nSPS) is 13.0. The number of nitrogens with one attached hydrogen (secondary N) is 1. The van der Waals surface area contributed by atoms with Crippen molar-refractivity contribution in [3.05, 3.63) is 0 Å². The second kappa shape index (κ2) is 32.9. The molecule has 0 fully saturated rings. The van der Waals surface area contributed by atoms with E-state index in [-0.39, 0.29) is 18.6 Å². The molecule has 0 radical (unpaired) electrons. The first-order chi connectivity index (χ1) is 19.7. The Hall–Kier alpha value is -0.610. The molecule has 240 valence electrons. The third-order valence-corrected chi connectivity index (χ3v) is 8.61. The third-order valence-electron chi connectivity index (χ3n) is 8.61. The van der Waals surface area contributed by atoms with Crippen LogP contribution >= 0.6 is 0 Å². The van der Waals surface area contributed by atoms with Gasteiger partial charge in [-0.05, 0) is 12.8 Å². The predicted octanol–water partition coefficient (Wildman–Crippen LogP) is 10.6. The molecule has 4 heteroatoms. The monoisotopic (exact) mass is 568 g/mol. The Kier molecular flexibility index (Phi) is 32.4. The number of carbonyl (C=O) groups excluding carboxylic acids is 1. The van der Waals surface area contributed by atoms with Crippen LogP contribution in [0.3, 0.4) is 0 Å². The molecule has 2 unspecified atom stereocenters. The van der Waals surface area contributed by atoms with Crippen molar-refractivity contribution < 1.29 is 15.0 Å². The quantitative estimate of drug-likeness (QED) is 0.0691. The van der Waals surface area contributed by atoms with Gasteiger partial charge in [-0.2, -0.15) is 0 Å². The Morgan fingerprint density at radius 3 is 1.05 bits per heavy atom. The van der Waals surface area contributed by atoms with Crippen LogP contribution in [0, 0.1) is 0 Å². The smallest absolute Gasteiger partial charge is 0.249 e. The van der Waals surface area contributed by atoms with Crippen molar-refractivity contribution in [2.24, 2.45) is 0 Å². The summed E-state index contributed by atoms with van der Waals surface area (Å²) in [5.74, 6) is -0.306. The van der Waals surface area contributed by atoms with E-state index in [1.54, 1.807) is 0 Å². The van der Waals surface area contributed by atoms with E-state index >= 15 is 0 Å². The molecule has 0 aliphatic heterocycles. The van der Waals surface area contributed by atoms with E-state index in [9.17, 15) is 15.0 Å². The summed E-state index contributed by atoms with van der Waals surface area (Å²) >= 11 is 0. The number of amides is 1. The molecule has 0 aliphatic carbocycles. The molecule has 0 aromatic heterocycles. The van der Waals surface area contributed by atoms with Crippen LogP contribution in [0.2, 0.25) is 0 Å². The maximum absolute atomic E-state index is 12.4. The minimum absolute atomic E-state index is 0.0459. The molecule has 40 heavy (non-hydrogen) atoms. The van der Waals surface area contributed by atoms with Gasteiger partial charge in [0.25, 0.3) is 0 Å². The topological polar surface area (TPSA) is 69.6 Å². The van der Waals surface area contributed by atoms with E-state index in [0.717, 1.165) is 32.1 Å². The number of unbranched alkanes of at least 4 members (excludes halogenated alkanes) is 26. The highest BCUT2D eigenvalue weighted by molar-refractivity contribution is 5.80. The maximum atomic E-state index is 12.4. The van der Waals surface area contributed by atoms with Crippen molar-refractivity contribution in [2.75, 3.05) is 6.61 Å². The first-order valence-electron chi connectivity index (χ1n) is 18.2. The Balaban J connectivity index is 3.53. The van der Waals surface area contributed by atoms with Crippen molar-refractivity contribution in [3.63, 3.8) is 0 Å². The molecule has 0 aromatic rings. The predicted molar refractivity (Wildman–Crippen MR) is 175 cm³/mol. The van der Waals surface area contributed by atoms with Crippen LogP contribution in [0.1, 0.15) is 206 Å². The summed E-state index contributed by atoms with van der Waals surface area (Å²) < 4.78 is 0. The summed E-state index contributed by atoms with van der Waals surface area (Å²) in [6, 6.07) is -0.226. The van der Waals surface area contributed by atoms with Gasteiger partial charge >= 0.3 is 0 Å². The Morgan fingerprint density at radius 2 is 0.750 bits per heavy atom. The standard InChI is InChI=1S/C36H73NO3/c1-3-5-7-9-11-13-15-17-19-21-23-25-27-29-31-34(33-38)37-36(40)35(39)32-30-28-26-24-22-20-18-16-14-12-10-8-6-4-2/h34-35,38-39H,3-33H2,1-2H3,(H,37,40). The van der Waals surface area contributed by atoms with E-state index in [0.29, 0.717) is 6.42 Å². The summed E-state index contributed by atoms with van der Waals surface area (Å²) in [6.07, 6.45) is 37.2. The molecule has 0 aromatic carbocycles. The van der Waals surface area contributed by atoms with Gasteiger partial charge in [-0.15, -0.1) is 0 Å². The molecule has 0 aliphatic rings. The van der Waals surface area contributed by atoms with Gasteiger partial charge in [0.2, 0.25) is 5.91 Å². The van der Waals surface area contributed by atoms with E-state index in [1.165, 1.54) is 154 Å². The van der Waals surface area contributed by atoms with Crippen LogP contribution in [-0.2, 0) is 4.79 Å². The minimum atomic E-state index is -0.942. The second-order valence-electron chi connectivity index (χ2n) is 12.7. The molecule has 0 saturated heterocycles. The molecular weight excluding hydrogens is 494 g/mol. The SMILES string of the molecule is CCCCCCCCCCCCCCCCC(CO)NC(=O)C(O)CCCCCCCCCCCCCCCC. The summed E-state index contributed by atoms with van der Waals surface area (Å²) in [7, 11) is 0. The molecule has 3 N–H and O–H groups in total. The zero-order valence-electron chi connectivity index (χ0n) is 27.4. The van der Waals surface area contributed by atoms with Crippen molar-refractivity contribution in [1.82, 2.24) is 5.32 Å². The zero-order chi connectivity index (χ0) is 29.4. The molecule has 0 spiro atoms. The van der Waals surface area contributed by atoms with Crippen molar-refractivity contribution in [3.8, 4) is 0 Å². The zero-order valence-corrected chi connectivity index (χ0v) is 27.4. The molecule has 0 rings (SSSR count). The third kappa shape index (κ3) is 28.9. The first-order valence-corrected chi connectivity index (χ1v) is 18.2. The van der Waals surface area contributed by atoms with Crippen LogP contribution in [0.15, 0.2) is 0 Å². The lowest BCUT2D eigenvalue weighted by atomic mass is 10.0. The van der Waals surface area contributed by atoms with Gasteiger partial charge in [-0.3, -0.25) is 4.79 Å². The fraction of sp³-hybridized carbons (Fsp3) is 0.972. The number of carbonyl (C=O) groups is 1. The lowest BCUT2D eigenvalue weighted by Gasteiger charge is -2.19. The van der Waals surface area contributed by atoms with Crippen LogP contribution in [0.25, 0.3) is 0 Å². The van der Waals surface area contributed by atoms with Gasteiger partial charge in [-0.25, -0.2) is 0 Å². The lowest BCUT2D eigenvalue weighted by molar-refractivity contribution is -0.130. The van der Waals surface area contributed by atoms with Crippen LogP contribution < -0.4 is 5.32 Å². The van der Waals surface area contributed by atoms with Gasteiger partial charge in [0.1, 0.15) is 6.10 Å². The van der Waals surface area contributed by atoms with Gasteiger partial charge in [0, 0.05) is 0 Å². The fourth-order valence-electron chi connectivity index (χ4n) is 5.76. The van der Waals surface area contributed by atoms with Gasteiger partial charge < -0.3 is 15.5 Å². The molecule has 0 bridgehead atoms. The van der Waals surface area contributed by atoms with Gasteiger partial charge in [0.05, 0.1) is 12.6 Å². The first kappa shape index (κ1) is 39.4.